The summed E-state index contributed by atoms with van der Waals surface area (Å²) in [6, 6.07) is 8.71. The van der Waals surface area contributed by atoms with Crippen molar-refractivity contribution in [3.05, 3.63) is 29.8 Å². The summed E-state index contributed by atoms with van der Waals surface area (Å²) < 4.78 is 0. The number of hydrogen-bond acceptors (Lipinski definition) is 1. The molecule has 0 saturated heterocycles. The molecule has 2 bridgehead atoms. The predicted molar refractivity (Wildman–Crippen MR) is 79.7 cm³/mol. The molecular formula is C15H20N2S. The minimum Gasteiger partial charge on any atom is -0.376 e. The van der Waals surface area contributed by atoms with Gasteiger partial charge in [-0.25, -0.2) is 0 Å². The standard InChI is InChI=1S/C15H20N2S/c16-14(18)17-13-3-1-12(2-4-13)15-8-5-11(6-9-15)7-10-15/h1-4,11H,5-10H2,(H3,16,17,18). The van der Waals surface area contributed by atoms with Crippen LogP contribution in [0.1, 0.15) is 44.1 Å². The van der Waals surface area contributed by atoms with Crippen LogP contribution in [0.3, 0.4) is 0 Å². The molecule has 3 heteroatoms. The molecule has 0 unspecified atom stereocenters. The maximum atomic E-state index is 5.48. The summed E-state index contributed by atoms with van der Waals surface area (Å²) in [5, 5.41) is 3.32. The highest BCUT2D eigenvalue weighted by Crippen LogP contribution is 2.51. The number of nitrogens with two attached hydrogens (primary N) is 1. The number of nitrogens with one attached hydrogen (secondary N) is 1. The third-order valence-electron chi connectivity index (χ3n) is 4.86. The molecule has 0 aromatic heterocycles. The van der Waals surface area contributed by atoms with Gasteiger partial charge in [0.15, 0.2) is 5.11 Å². The number of hydrogen-bond donors (Lipinski definition) is 2. The van der Waals surface area contributed by atoms with Crippen LogP contribution in [0.4, 0.5) is 5.69 Å². The second-order valence-corrected chi connectivity index (χ2v) is 6.27. The minimum atomic E-state index is 0.332. The van der Waals surface area contributed by atoms with Crippen LogP contribution < -0.4 is 11.1 Å². The Hall–Kier alpha value is -1.09. The molecule has 3 aliphatic rings. The third kappa shape index (κ3) is 2.12. The summed E-state index contributed by atoms with van der Waals surface area (Å²) in [5.74, 6) is 1.02. The third-order valence-corrected chi connectivity index (χ3v) is 4.96. The highest BCUT2D eigenvalue weighted by molar-refractivity contribution is 7.80. The average molecular weight is 260 g/mol. The van der Waals surface area contributed by atoms with Gasteiger partial charge in [0, 0.05) is 5.69 Å². The zero-order valence-corrected chi connectivity index (χ0v) is 11.4. The molecule has 0 aliphatic heterocycles. The predicted octanol–water partition coefficient (Wildman–Crippen LogP) is 3.56. The summed E-state index contributed by atoms with van der Waals surface area (Å²) in [6.07, 6.45) is 8.39. The first-order valence-electron chi connectivity index (χ1n) is 6.85. The lowest BCUT2D eigenvalue weighted by molar-refractivity contribution is 0.136. The van der Waals surface area contributed by atoms with Crippen LogP contribution in [-0.2, 0) is 5.41 Å². The molecule has 1 aromatic rings. The fourth-order valence-electron chi connectivity index (χ4n) is 3.73. The molecule has 0 radical (unpaired) electrons. The molecule has 3 saturated carbocycles. The van der Waals surface area contributed by atoms with Crippen molar-refractivity contribution in [1.29, 1.82) is 0 Å². The number of thiocarbonyl (C=S) groups is 1. The lowest BCUT2D eigenvalue weighted by Crippen LogP contribution is -2.37. The second kappa shape index (κ2) is 4.54. The highest BCUT2D eigenvalue weighted by Gasteiger charge is 2.41. The van der Waals surface area contributed by atoms with Crippen LogP contribution >= 0.6 is 12.2 Å². The molecule has 1 aromatic carbocycles. The van der Waals surface area contributed by atoms with Gasteiger partial charge in [0.2, 0.25) is 0 Å². The topological polar surface area (TPSA) is 38.0 Å². The smallest absolute Gasteiger partial charge is 0.168 e. The van der Waals surface area contributed by atoms with Crippen molar-refractivity contribution in [2.45, 2.75) is 43.9 Å². The lowest BCUT2D eigenvalue weighted by Gasteiger charge is -2.47. The molecule has 3 N–H and O–H groups in total. The molecule has 18 heavy (non-hydrogen) atoms. The van der Waals surface area contributed by atoms with E-state index in [-0.39, 0.29) is 0 Å². The zero-order valence-electron chi connectivity index (χ0n) is 10.6. The molecule has 0 spiro atoms. The van der Waals surface area contributed by atoms with Gasteiger partial charge in [0.25, 0.3) is 0 Å². The SMILES string of the molecule is NC(=S)Nc1ccc(C23CCC(CC2)CC3)cc1. The van der Waals surface area contributed by atoms with Crippen molar-refractivity contribution < 1.29 is 0 Å². The molecule has 0 atom stereocenters. The van der Waals surface area contributed by atoms with Crippen LogP contribution in [0.25, 0.3) is 0 Å². The highest BCUT2D eigenvalue weighted by atomic mass is 32.1. The second-order valence-electron chi connectivity index (χ2n) is 5.83. The summed E-state index contributed by atoms with van der Waals surface area (Å²) in [4.78, 5) is 0. The first-order chi connectivity index (χ1) is 8.68. The van der Waals surface area contributed by atoms with Gasteiger partial charge >= 0.3 is 0 Å². The monoisotopic (exact) mass is 260 g/mol. The summed E-state index contributed by atoms with van der Waals surface area (Å²) in [7, 11) is 0. The number of rotatable bonds is 2. The van der Waals surface area contributed by atoms with Crippen LogP contribution in [-0.4, -0.2) is 5.11 Å². The summed E-state index contributed by atoms with van der Waals surface area (Å²) in [5.41, 5.74) is 8.45. The molecule has 0 amide bonds. The van der Waals surface area contributed by atoms with Gasteiger partial charge in [0.1, 0.15) is 0 Å². The fraction of sp³-hybridized carbons (Fsp3) is 0.533. The van der Waals surface area contributed by atoms with Gasteiger partial charge in [-0.3, -0.25) is 0 Å². The Balaban J connectivity index is 1.81. The van der Waals surface area contributed by atoms with E-state index in [4.69, 9.17) is 18.0 Å². The largest absolute Gasteiger partial charge is 0.376 e. The van der Waals surface area contributed by atoms with Gasteiger partial charge in [-0.1, -0.05) is 12.1 Å². The number of fused-ring (bicyclic) bond motifs is 3. The Kier molecular flexibility index (Phi) is 3.02. The van der Waals surface area contributed by atoms with Crippen molar-refractivity contribution in [1.82, 2.24) is 0 Å². The van der Waals surface area contributed by atoms with Gasteiger partial charge < -0.3 is 11.1 Å². The van der Waals surface area contributed by atoms with Crippen molar-refractivity contribution in [3.8, 4) is 0 Å². The van der Waals surface area contributed by atoms with Gasteiger partial charge in [-0.05, 0) is 79.8 Å². The first-order valence-corrected chi connectivity index (χ1v) is 7.26. The van der Waals surface area contributed by atoms with Gasteiger partial charge in [-0.15, -0.1) is 0 Å². The van der Waals surface area contributed by atoms with E-state index in [0.29, 0.717) is 10.5 Å². The summed E-state index contributed by atoms with van der Waals surface area (Å²) >= 11 is 4.85. The molecule has 0 heterocycles. The van der Waals surface area contributed by atoms with Crippen LogP contribution in [0, 0.1) is 5.92 Å². The Labute approximate surface area is 114 Å². The minimum absolute atomic E-state index is 0.332. The van der Waals surface area contributed by atoms with Crippen LogP contribution in [0.5, 0.6) is 0 Å². The fourth-order valence-corrected chi connectivity index (χ4v) is 3.85. The maximum absolute atomic E-state index is 5.48. The molecular weight excluding hydrogens is 240 g/mol. The Morgan fingerprint density at radius 3 is 2.17 bits per heavy atom. The molecule has 3 aliphatic carbocycles. The van der Waals surface area contributed by atoms with Crippen LogP contribution in [0.2, 0.25) is 0 Å². The molecule has 4 rings (SSSR count). The Morgan fingerprint density at radius 1 is 1.11 bits per heavy atom. The van der Waals surface area contributed by atoms with Crippen molar-refractivity contribution in [3.63, 3.8) is 0 Å². The number of benzene rings is 1. The Bertz CT molecular complexity index is 430. The quantitative estimate of drug-likeness (QED) is 0.798. The van der Waals surface area contributed by atoms with Crippen LogP contribution in [0.15, 0.2) is 24.3 Å². The zero-order chi connectivity index (χ0) is 12.6. The van der Waals surface area contributed by atoms with Gasteiger partial charge in [0.05, 0.1) is 0 Å². The van der Waals surface area contributed by atoms with Gasteiger partial charge in [-0.2, -0.15) is 0 Å². The van der Waals surface area contributed by atoms with E-state index < -0.39 is 0 Å². The van der Waals surface area contributed by atoms with E-state index in [1.807, 2.05) is 0 Å². The molecule has 2 nitrogen and oxygen atoms in total. The summed E-state index contributed by atoms with van der Waals surface area (Å²) in [6.45, 7) is 0. The van der Waals surface area contributed by atoms with Crippen molar-refractivity contribution >= 4 is 23.0 Å². The Morgan fingerprint density at radius 2 is 1.67 bits per heavy atom. The van der Waals surface area contributed by atoms with E-state index in [1.165, 1.54) is 44.1 Å². The normalized spacial score (nSPS) is 30.1. The average Bonchev–Trinajstić information content (AvgIpc) is 2.41. The van der Waals surface area contributed by atoms with E-state index in [2.05, 4.69) is 29.6 Å². The van der Waals surface area contributed by atoms with E-state index in [9.17, 15) is 0 Å². The van der Waals surface area contributed by atoms with E-state index in [0.717, 1.165) is 11.6 Å². The molecule has 96 valence electrons. The maximum Gasteiger partial charge on any atom is 0.168 e. The first kappa shape index (κ1) is 12.0. The van der Waals surface area contributed by atoms with Crippen molar-refractivity contribution in [2.75, 3.05) is 5.32 Å². The van der Waals surface area contributed by atoms with Crippen molar-refractivity contribution in [2.24, 2.45) is 11.7 Å². The van der Waals surface area contributed by atoms with E-state index >= 15 is 0 Å². The number of anilines is 1. The van der Waals surface area contributed by atoms with E-state index in [1.54, 1.807) is 0 Å². The lowest BCUT2D eigenvalue weighted by atomic mass is 9.58. The molecule has 3 fully saturated rings.